The normalized spacial score (nSPS) is 14.8. The zero-order chi connectivity index (χ0) is 11.0. The SMILES string of the molecule is CC(=O)c1c(Cl)nc2n(c1=O)CCCC2. The molecule has 1 aliphatic rings. The number of halogens is 1. The van der Waals surface area contributed by atoms with E-state index in [0.29, 0.717) is 12.4 Å². The lowest BCUT2D eigenvalue weighted by Gasteiger charge is -2.17. The van der Waals surface area contributed by atoms with Crippen molar-refractivity contribution in [1.29, 1.82) is 0 Å². The second-order valence-electron chi connectivity index (χ2n) is 3.66. The van der Waals surface area contributed by atoms with Gasteiger partial charge in [0.2, 0.25) is 0 Å². The summed E-state index contributed by atoms with van der Waals surface area (Å²) in [5.74, 6) is 0.375. The Labute approximate surface area is 91.9 Å². The van der Waals surface area contributed by atoms with E-state index in [1.165, 1.54) is 6.92 Å². The Bertz CT molecular complexity index is 479. The van der Waals surface area contributed by atoms with Gasteiger partial charge in [0.25, 0.3) is 5.56 Å². The predicted octanol–water partition coefficient (Wildman–Crippen LogP) is 1.44. The number of aryl methyl sites for hydroxylation is 1. The van der Waals surface area contributed by atoms with Crippen molar-refractivity contribution in [3.05, 3.63) is 26.9 Å². The molecule has 0 bridgehead atoms. The molecule has 0 aliphatic carbocycles. The Morgan fingerprint density at radius 1 is 1.47 bits per heavy atom. The standard InChI is InChI=1S/C10H11ClN2O2/c1-6(14)8-9(11)12-7-4-2-3-5-13(7)10(8)15/h2-5H2,1H3. The molecule has 0 atom stereocenters. The quantitative estimate of drug-likeness (QED) is 0.538. The van der Waals surface area contributed by atoms with Crippen molar-refractivity contribution in [3.8, 4) is 0 Å². The van der Waals surface area contributed by atoms with E-state index >= 15 is 0 Å². The fourth-order valence-electron chi connectivity index (χ4n) is 1.84. The largest absolute Gasteiger partial charge is 0.296 e. The first-order chi connectivity index (χ1) is 7.11. The van der Waals surface area contributed by atoms with E-state index < -0.39 is 0 Å². The molecule has 1 aliphatic heterocycles. The monoisotopic (exact) mass is 226 g/mol. The van der Waals surface area contributed by atoms with Gasteiger partial charge in [-0.2, -0.15) is 0 Å². The van der Waals surface area contributed by atoms with Crippen LogP contribution in [0.1, 0.15) is 35.9 Å². The molecular weight excluding hydrogens is 216 g/mol. The smallest absolute Gasteiger partial charge is 0.265 e. The molecule has 0 saturated carbocycles. The molecule has 4 nitrogen and oxygen atoms in total. The first-order valence-corrected chi connectivity index (χ1v) is 5.29. The van der Waals surface area contributed by atoms with Crippen molar-refractivity contribution < 1.29 is 4.79 Å². The van der Waals surface area contributed by atoms with Crippen LogP contribution in [0.25, 0.3) is 0 Å². The third-order valence-electron chi connectivity index (χ3n) is 2.59. The summed E-state index contributed by atoms with van der Waals surface area (Å²) in [7, 11) is 0. The molecule has 0 spiro atoms. The zero-order valence-electron chi connectivity index (χ0n) is 8.42. The van der Waals surface area contributed by atoms with Gasteiger partial charge < -0.3 is 0 Å². The molecule has 0 saturated heterocycles. The maximum atomic E-state index is 11.9. The Balaban J connectivity index is 2.70. The first-order valence-electron chi connectivity index (χ1n) is 4.91. The van der Waals surface area contributed by atoms with E-state index in [1.807, 2.05) is 0 Å². The topological polar surface area (TPSA) is 52.0 Å². The fraction of sp³-hybridized carbons (Fsp3) is 0.500. The third kappa shape index (κ3) is 1.69. The molecule has 5 heteroatoms. The zero-order valence-corrected chi connectivity index (χ0v) is 9.17. The van der Waals surface area contributed by atoms with Crippen LogP contribution in [0.5, 0.6) is 0 Å². The van der Waals surface area contributed by atoms with Gasteiger partial charge in [0.15, 0.2) is 5.78 Å². The lowest BCUT2D eigenvalue weighted by atomic mass is 10.1. The Kier molecular flexibility index (Phi) is 2.61. The summed E-state index contributed by atoms with van der Waals surface area (Å²) < 4.78 is 1.56. The number of aromatic nitrogens is 2. The average Bonchev–Trinajstić information content (AvgIpc) is 2.17. The summed E-state index contributed by atoms with van der Waals surface area (Å²) >= 11 is 5.82. The van der Waals surface area contributed by atoms with Crippen molar-refractivity contribution in [2.45, 2.75) is 32.7 Å². The molecule has 0 aromatic carbocycles. The maximum absolute atomic E-state index is 11.9. The van der Waals surface area contributed by atoms with Crippen LogP contribution in [0.3, 0.4) is 0 Å². The highest BCUT2D eigenvalue weighted by Crippen LogP contribution is 2.15. The lowest BCUT2D eigenvalue weighted by molar-refractivity contribution is 0.101. The van der Waals surface area contributed by atoms with Crippen molar-refractivity contribution in [2.24, 2.45) is 0 Å². The van der Waals surface area contributed by atoms with Gasteiger partial charge in [-0.05, 0) is 19.8 Å². The molecule has 0 N–H and O–H groups in total. The van der Waals surface area contributed by atoms with Gasteiger partial charge in [0.05, 0.1) is 0 Å². The molecule has 80 valence electrons. The molecule has 0 amide bonds. The van der Waals surface area contributed by atoms with Gasteiger partial charge in [-0.1, -0.05) is 11.6 Å². The number of fused-ring (bicyclic) bond motifs is 1. The van der Waals surface area contributed by atoms with Crippen LogP contribution in [-0.2, 0) is 13.0 Å². The highest BCUT2D eigenvalue weighted by molar-refractivity contribution is 6.32. The van der Waals surface area contributed by atoms with Gasteiger partial charge in [-0.25, -0.2) is 4.98 Å². The van der Waals surface area contributed by atoms with Gasteiger partial charge in [-0.3, -0.25) is 14.2 Å². The van der Waals surface area contributed by atoms with Crippen LogP contribution in [0, 0.1) is 0 Å². The van der Waals surface area contributed by atoms with Gasteiger partial charge in [-0.15, -0.1) is 0 Å². The van der Waals surface area contributed by atoms with E-state index in [4.69, 9.17) is 11.6 Å². The Morgan fingerprint density at radius 2 is 2.20 bits per heavy atom. The van der Waals surface area contributed by atoms with Gasteiger partial charge in [0.1, 0.15) is 16.5 Å². The van der Waals surface area contributed by atoms with E-state index in [0.717, 1.165) is 19.3 Å². The minimum absolute atomic E-state index is 0.0160. The highest BCUT2D eigenvalue weighted by Gasteiger charge is 2.20. The summed E-state index contributed by atoms with van der Waals surface area (Å²) in [4.78, 5) is 27.2. The number of carbonyl (C=O) groups is 1. The number of hydrogen-bond acceptors (Lipinski definition) is 3. The van der Waals surface area contributed by atoms with E-state index in [9.17, 15) is 9.59 Å². The van der Waals surface area contributed by atoms with Crippen LogP contribution in [0.15, 0.2) is 4.79 Å². The van der Waals surface area contributed by atoms with E-state index in [-0.39, 0.29) is 22.1 Å². The first kappa shape index (κ1) is 10.4. The molecule has 1 aromatic heterocycles. The van der Waals surface area contributed by atoms with Crippen LogP contribution < -0.4 is 5.56 Å². The second-order valence-corrected chi connectivity index (χ2v) is 4.02. The summed E-state index contributed by atoms with van der Waals surface area (Å²) in [6.07, 6.45) is 2.73. The Morgan fingerprint density at radius 3 is 2.87 bits per heavy atom. The number of Topliss-reactive ketones (excluding diaryl/α,β-unsaturated/α-hetero) is 1. The second kappa shape index (κ2) is 3.77. The summed E-state index contributed by atoms with van der Waals surface area (Å²) in [5, 5.41) is 0.0423. The summed E-state index contributed by atoms with van der Waals surface area (Å²) in [6.45, 7) is 1.97. The summed E-state index contributed by atoms with van der Waals surface area (Å²) in [6, 6.07) is 0. The van der Waals surface area contributed by atoms with Crippen LogP contribution >= 0.6 is 11.6 Å². The lowest BCUT2D eigenvalue weighted by Crippen LogP contribution is -2.32. The van der Waals surface area contributed by atoms with E-state index in [2.05, 4.69) is 4.98 Å². The molecule has 0 unspecified atom stereocenters. The molecule has 2 rings (SSSR count). The van der Waals surface area contributed by atoms with Crippen LogP contribution in [0.2, 0.25) is 5.15 Å². The average molecular weight is 227 g/mol. The minimum atomic E-state index is -0.321. The van der Waals surface area contributed by atoms with Gasteiger partial charge >= 0.3 is 0 Å². The van der Waals surface area contributed by atoms with Crippen LogP contribution in [0.4, 0.5) is 0 Å². The Hall–Kier alpha value is -1.16. The molecular formula is C10H11ClN2O2. The fourth-order valence-corrected chi connectivity index (χ4v) is 2.15. The number of carbonyl (C=O) groups excluding carboxylic acids is 1. The van der Waals surface area contributed by atoms with E-state index in [1.54, 1.807) is 4.57 Å². The van der Waals surface area contributed by atoms with Crippen molar-refractivity contribution in [3.63, 3.8) is 0 Å². The number of hydrogen-bond donors (Lipinski definition) is 0. The molecule has 2 heterocycles. The molecule has 0 fully saturated rings. The van der Waals surface area contributed by atoms with Crippen molar-refractivity contribution >= 4 is 17.4 Å². The van der Waals surface area contributed by atoms with Gasteiger partial charge in [0, 0.05) is 13.0 Å². The molecule has 0 radical (unpaired) electrons. The van der Waals surface area contributed by atoms with Crippen LogP contribution in [-0.4, -0.2) is 15.3 Å². The number of ketones is 1. The number of rotatable bonds is 1. The third-order valence-corrected chi connectivity index (χ3v) is 2.86. The van der Waals surface area contributed by atoms with Crippen molar-refractivity contribution in [1.82, 2.24) is 9.55 Å². The highest BCUT2D eigenvalue weighted by atomic mass is 35.5. The minimum Gasteiger partial charge on any atom is -0.296 e. The number of nitrogens with zero attached hydrogens (tertiary/aromatic N) is 2. The molecule has 1 aromatic rings. The maximum Gasteiger partial charge on any atom is 0.265 e. The molecule has 15 heavy (non-hydrogen) atoms. The summed E-state index contributed by atoms with van der Waals surface area (Å²) in [5.41, 5.74) is -0.278. The van der Waals surface area contributed by atoms with Crippen molar-refractivity contribution in [2.75, 3.05) is 0 Å². The predicted molar refractivity (Wildman–Crippen MR) is 56.4 cm³/mol.